The van der Waals surface area contributed by atoms with Crippen molar-refractivity contribution in [3.05, 3.63) is 0 Å². The van der Waals surface area contributed by atoms with Gasteiger partial charge in [-0.25, -0.2) is 0 Å². The lowest BCUT2D eigenvalue weighted by Gasteiger charge is -2.59. The number of rotatable bonds is 2. The van der Waals surface area contributed by atoms with Gasteiger partial charge in [0.2, 0.25) is 0 Å². The van der Waals surface area contributed by atoms with Crippen LogP contribution in [0.1, 0.15) is 45.4 Å². The van der Waals surface area contributed by atoms with Gasteiger partial charge in [-0.3, -0.25) is 4.90 Å². The van der Waals surface area contributed by atoms with Crippen LogP contribution in [0.4, 0.5) is 0 Å². The van der Waals surface area contributed by atoms with E-state index in [2.05, 4.69) is 17.1 Å². The first-order valence-corrected chi connectivity index (χ1v) is 8.31. The van der Waals surface area contributed by atoms with Gasteiger partial charge in [-0.1, -0.05) is 6.92 Å². The lowest BCUT2D eigenvalue weighted by Crippen LogP contribution is -2.63. The lowest BCUT2D eigenvalue weighted by molar-refractivity contribution is -0.0835. The van der Waals surface area contributed by atoms with Crippen LogP contribution in [0, 0.1) is 23.7 Å². The summed E-state index contributed by atoms with van der Waals surface area (Å²) in [5.41, 5.74) is 0. The van der Waals surface area contributed by atoms with Crippen molar-refractivity contribution in [2.75, 3.05) is 19.6 Å². The Balaban J connectivity index is 1.56. The molecule has 0 spiro atoms. The molecule has 18 heavy (non-hydrogen) atoms. The molecule has 1 heterocycles. The molecule has 4 saturated carbocycles. The van der Waals surface area contributed by atoms with Crippen LogP contribution in [0.15, 0.2) is 0 Å². The molecule has 0 aromatic rings. The first kappa shape index (κ1) is 11.7. The van der Waals surface area contributed by atoms with E-state index in [1.165, 1.54) is 26.1 Å². The van der Waals surface area contributed by atoms with E-state index < -0.39 is 0 Å². The van der Waals surface area contributed by atoms with Crippen molar-refractivity contribution in [3.63, 3.8) is 0 Å². The maximum atomic E-state index is 3.60. The van der Waals surface area contributed by atoms with Crippen molar-refractivity contribution in [1.82, 2.24) is 10.2 Å². The number of nitrogens with zero attached hydrogens (tertiary/aromatic N) is 1. The fraction of sp³-hybridized carbons (Fsp3) is 1.00. The van der Waals surface area contributed by atoms with Gasteiger partial charge in [0.05, 0.1) is 0 Å². The zero-order valence-corrected chi connectivity index (χ0v) is 11.8. The van der Waals surface area contributed by atoms with Crippen LogP contribution in [0.3, 0.4) is 0 Å². The standard InChI is InChI=1S/C16H28N2/c1-2-15-10-17-3-4-18(15)16-13-6-11-5-12(8-13)9-14(16)7-11/h11-17H,2-10H2,1H3. The van der Waals surface area contributed by atoms with Gasteiger partial charge in [0.25, 0.3) is 0 Å². The normalized spacial score (nSPS) is 51.8. The molecule has 5 fully saturated rings. The second-order valence-corrected chi connectivity index (χ2v) is 7.43. The number of hydrogen-bond acceptors (Lipinski definition) is 2. The van der Waals surface area contributed by atoms with Crippen LogP contribution in [0.5, 0.6) is 0 Å². The van der Waals surface area contributed by atoms with Gasteiger partial charge < -0.3 is 5.32 Å². The van der Waals surface area contributed by atoms with E-state index in [1.54, 1.807) is 32.1 Å². The summed E-state index contributed by atoms with van der Waals surface area (Å²) < 4.78 is 0. The van der Waals surface area contributed by atoms with Gasteiger partial charge >= 0.3 is 0 Å². The zero-order valence-electron chi connectivity index (χ0n) is 11.8. The molecule has 4 aliphatic carbocycles. The molecule has 2 heteroatoms. The molecule has 1 aliphatic heterocycles. The Morgan fingerprint density at radius 3 is 2.28 bits per heavy atom. The second kappa shape index (κ2) is 4.49. The average Bonchev–Trinajstić information content (AvgIpc) is 2.38. The summed E-state index contributed by atoms with van der Waals surface area (Å²) in [6.45, 7) is 6.14. The van der Waals surface area contributed by atoms with E-state index in [9.17, 15) is 0 Å². The molecule has 2 nitrogen and oxygen atoms in total. The highest BCUT2D eigenvalue weighted by atomic mass is 15.3. The van der Waals surface area contributed by atoms with Gasteiger partial charge in [0.15, 0.2) is 0 Å². The minimum Gasteiger partial charge on any atom is -0.314 e. The molecule has 1 atom stereocenters. The molecule has 1 unspecified atom stereocenters. The Morgan fingerprint density at radius 1 is 1.00 bits per heavy atom. The molecule has 5 aliphatic rings. The summed E-state index contributed by atoms with van der Waals surface area (Å²) >= 11 is 0. The Morgan fingerprint density at radius 2 is 1.67 bits per heavy atom. The molecule has 0 aromatic carbocycles. The van der Waals surface area contributed by atoms with Crippen molar-refractivity contribution >= 4 is 0 Å². The number of piperazine rings is 1. The smallest absolute Gasteiger partial charge is 0.0221 e. The van der Waals surface area contributed by atoms with Gasteiger partial charge in [0, 0.05) is 31.7 Å². The Bertz CT molecular complexity index is 286. The van der Waals surface area contributed by atoms with E-state index in [0.717, 1.165) is 35.8 Å². The van der Waals surface area contributed by atoms with E-state index in [-0.39, 0.29) is 0 Å². The average molecular weight is 248 g/mol. The maximum Gasteiger partial charge on any atom is 0.0221 e. The molecule has 1 saturated heterocycles. The summed E-state index contributed by atoms with van der Waals surface area (Å²) in [7, 11) is 0. The summed E-state index contributed by atoms with van der Waals surface area (Å²) in [4.78, 5) is 2.93. The van der Waals surface area contributed by atoms with Gasteiger partial charge in [-0.05, 0) is 62.2 Å². The van der Waals surface area contributed by atoms with Crippen molar-refractivity contribution in [2.45, 2.75) is 57.5 Å². The third-order valence-electron chi connectivity index (χ3n) is 6.43. The van der Waals surface area contributed by atoms with Crippen LogP contribution >= 0.6 is 0 Å². The fourth-order valence-electron chi connectivity index (χ4n) is 5.99. The van der Waals surface area contributed by atoms with Crippen LogP contribution in [-0.2, 0) is 0 Å². The summed E-state index contributed by atoms with van der Waals surface area (Å²) in [5, 5.41) is 3.60. The van der Waals surface area contributed by atoms with Crippen LogP contribution in [-0.4, -0.2) is 36.6 Å². The molecule has 102 valence electrons. The topological polar surface area (TPSA) is 15.3 Å². The quantitative estimate of drug-likeness (QED) is 0.808. The van der Waals surface area contributed by atoms with Crippen LogP contribution in [0.25, 0.3) is 0 Å². The van der Waals surface area contributed by atoms with Gasteiger partial charge in [0.1, 0.15) is 0 Å². The Labute approximate surface area is 111 Å². The van der Waals surface area contributed by atoms with Crippen molar-refractivity contribution in [1.29, 1.82) is 0 Å². The molecule has 0 aromatic heterocycles. The van der Waals surface area contributed by atoms with E-state index in [1.807, 2.05) is 0 Å². The minimum absolute atomic E-state index is 0.821. The molecule has 4 bridgehead atoms. The largest absolute Gasteiger partial charge is 0.314 e. The van der Waals surface area contributed by atoms with E-state index >= 15 is 0 Å². The molecule has 5 rings (SSSR count). The van der Waals surface area contributed by atoms with E-state index in [4.69, 9.17) is 0 Å². The SMILES string of the molecule is CCC1CNCCN1C1C2CC3CC(C2)CC1C3. The summed E-state index contributed by atoms with van der Waals surface area (Å²) in [6.07, 6.45) is 9.18. The molecule has 1 N–H and O–H groups in total. The zero-order chi connectivity index (χ0) is 12.1. The third-order valence-corrected chi connectivity index (χ3v) is 6.43. The predicted octanol–water partition coefficient (Wildman–Crippen LogP) is 2.49. The highest BCUT2D eigenvalue weighted by Gasteiger charge is 2.50. The summed E-state index contributed by atoms with van der Waals surface area (Å²) in [5.74, 6) is 4.36. The predicted molar refractivity (Wildman–Crippen MR) is 74.5 cm³/mol. The lowest BCUT2D eigenvalue weighted by atomic mass is 9.53. The summed E-state index contributed by atoms with van der Waals surface area (Å²) in [6, 6.07) is 1.78. The molecule has 0 radical (unpaired) electrons. The maximum absolute atomic E-state index is 3.60. The highest BCUT2D eigenvalue weighted by Crippen LogP contribution is 2.55. The van der Waals surface area contributed by atoms with Gasteiger partial charge in [-0.15, -0.1) is 0 Å². The Kier molecular flexibility index (Phi) is 2.92. The second-order valence-electron chi connectivity index (χ2n) is 7.43. The molecule has 0 amide bonds. The molecular weight excluding hydrogens is 220 g/mol. The highest BCUT2D eigenvalue weighted by molar-refractivity contribution is 5.03. The van der Waals surface area contributed by atoms with E-state index in [0.29, 0.717) is 0 Å². The minimum atomic E-state index is 0.821. The fourth-order valence-corrected chi connectivity index (χ4v) is 5.99. The van der Waals surface area contributed by atoms with Crippen molar-refractivity contribution in [2.24, 2.45) is 23.7 Å². The van der Waals surface area contributed by atoms with Crippen LogP contribution in [0.2, 0.25) is 0 Å². The van der Waals surface area contributed by atoms with Crippen LogP contribution < -0.4 is 5.32 Å². The van der Waals surface area contributed by atoms with Crippen molar-refractivity contribution < 1.29 is 0 Å². The van der Waals surface area contributed by atoms with Gasteiger partial charge in [-0.2, -0.15) is 0 Å². The Hall–Kier alpha value is -0.0800. The first-order chi connectivity index (χ1) is 8.85. The van der Waals surface area contributed by atoms with Crippen molar-refractivity contribution in [3.8, 4) is 0 Å². The first-order valence-electron chi connectivity index (χ1n) is 8.31. The molecular formula is C16H28N2. The number of hydrogen-bond donors (Lipinski definition) is 1. The third kappa shape index (κ3) is 1.76. The number of nitrogens with one attached hydrogen (secondary N) is 1. The monoisotopic (exact) mass is 248 g/mol.